The number of esters is 1. The van der Waals surface area contributed by atoms with E-state index in [0.29, 0.717) is 5.57 Å². The molecule has 1 fully saturated rings. The number of carbonyl (C=O) groups excluding carboxylic acids is 1. The standard InChI is InChI=1S/C22H26O2/c1-7-17(16(4)18-11-9-8-10-12-18)14-24-21(23)20-19(13-15(2)3)22(20,5)6/h1,8-13,19-20H,14H2,2-6H3. The average molecular weight is 322 g/mol. The lowest BCUT2D eigenvalue weighted by Crippen LogP contribution is -2.13. The highest BCUT2D eigenvalue weighted by atomic mass is 16.5. The molecule has 0 aromatic heterocycles. The molecule has 126 valence electrons. The minimum absolute atomic E-state index is 0.0388. The Morgan fingerprint density at radius 1 is 1.25 bits per heavy atom. The number of terminal acetylenes is 1. The van der Waals surface area contributed by atoms with E-state index in [1.165, 1.54) is 5.57 Å². The molecule has 0 N–H and O–H groups in total. The van der Waals surface area contributed by atoms with Crippen molar-refractivity contribution in [2.45, 2.75) is 34.6 Å². The number of carbonyl (C=O) groups is 1. The van der Waals surface area contributed by atoms with E-state index in [1.807, 2.05) is 37.3 Å². The first-order valence-electron chi connectivity index (χ1n) is 8.32. The molecule has 2 nitrogen and oxygen atoms in total. The van der Waals surface area contributed by atoms with E-state index in [4.69, 9.17) is 11.2 Å². The maximum absolute atomic E-state index is 12.4. The van der Waals surface area contributed by atoms with Gasteiger partial charge >= 0.3 is 5.97 Å². The summed E-state index contributed by atoms with van der Waals surface area (Å²) in [5, 5.41) is 0. The van der Waals surface area contributed by atoms with Crippen LogP contribution in [0.15, 0.2) is 47.6 Å². The van der Waals surface area contributed by atoms with Gasteiger partial charge in [0.1, 0.15) is 6.61 Å². The van der Waals surface area contributed by atoms with Gasteiger partial charge in [-0.2, -0.15) is 0 Å². The number of hydrogen-bond donors (Lipinski definition) is 0. The summed E-state index contributed by atoms with van der Waals surface area (Å²) in [7, 11) is 0. The monoisotopic (exact) mass is 322 g/mol. The predicted octanol–water partition coefficient (Wildman–Crippen LogP) is 4.87. The van der Waals surface area contributed by atoms with Crippen molar-refractivity contribution in [3.63, 3.8) is 0 Å². The van der Waals surface area contributed by atoms with Gasteiger partial charge in [0.15, 0.2) is 0 Å². The van der Waals surface area contributed by atoms with Crippen LogP contribution < -0.4 is 0 Å². The third-order valence-electron chi connectivity index (χ3n) is 4.87. The van der Waals surface area contributed by atoms with Crippen LogP contribution in [-0.4, -0.2) is 12.6 Å². The number of hydrogen-bond acceptors (Lipinski definition) is 2. The minimum Gasteiger partial charge on any atom is -0.460 e. The molecule has 1 aromatic carbocycles. The lowest BCUT2D eigenvalue weighted by Gasteiger charge is -2.09. The van der Waals surface area contributed by atoms with Crippen molar-refractivity contribution in [2.24, 2.45) is 17.3 Å². The summed E-state index contributed by atoms with van der Waals surface area (Å²) in [6.07, 6.45) is 7.79. The molecule has 1 aliphatic rings. The molecule has 2 atom stereocenters. The summed E-state index contributed by atoms with van der Waals surface area (Å²) < 4.78 is 5.54. The van der Waals surface area contributed by atoms with Crippen LogP contribution in [0.25, 0.3) is 5.57 Å². The fraction of sp³-hybridized carbons (Fsp3) is 0.409. The largest absolute Gasteiger partial charge is 0.460 e. The Kier molecular flexibility index (Phi) is 5.34. The van der Waals surface area contributed by atoms with E-state index in [9.17, 15) is 4.79 Å². The Morgan fingerprint density at radius 2 is 1.88 bits per heavy atom. The highest BCUT2D eigenvalue weighted by Gasteiger charge is 2.61. The quantitative estimate of drug-likeness (QED) is 0.439. The number of rotatable bonds is 5. The van der Waals surface area contributed by atoms with Gasteiger partial charge in [0.05, 0.1) is 5.92 Å². The first-order valence-corrected chi connectivity index (χ1v) is 8.32. The molecule has 2 rings (SSSR count). The zero-order chi connectivity index (χ0) is 17.9. The van der Waals surface area contributed by atoms with E-state index in [2.05, 4.69) is 39.7 Å². The van der Waals surface area contributed by atoms with E-state index in [1.54, 1.807) is 0 Å². The number of benzene rings is 1. The molecule has 0 amide bonds. The Balaban J connectivity index is 2.06. The highest BCUT2D eigenvalue weighted by molar-refractivity contribution is 5.79. The second-order valence-corrected chi connectivity index (χ2v) is 7.29. The number of ether oxygens (including phenoxy) is 1. The SMILES string of the molecule is C#CC(COC(=O)C1C(C=C(C)C)C1(C)C)=C(C)c1ccccc1. The van der Waals surface area contributed by atoms with Crippen molar-refractivity contribution < 1.29 is 9.53 Å². The van der Waals surface area contributed by atoms with Gasteiger partial charge in [0, 0.05) is 5.57 Å². The van der Waals surface area contributed by atoms with Gasteiger partial charge in [-0.05, 0) is 43.2 Å². The Bertz CT molecular complexity index is 710. The summed E-state index contributed by atoms with van der Waals surface area (Å²) >= 11 is 0. The first kappa shape index (κ1) is 18.1. The Morgan fingerprint density at radius 3 is 2.42 bits per heavy atom. The van der Waals surface area contributed by atoms with Crippen LogP contribution in [-0.2, 0) is 9.53 Å². The second kappa shape index (κ2) is 7.09. The van der Waals surface area contributed by atoms with Crippen molar-refractivity contribution >= 4 is 11.5 Å². The lowest BCUT2D eigenvalue weighted by atomic mass is 10.0. The summed E-state index contributed by atoms with van der Waals surface area (Å²) in [4.78, 5) is 12.4. The van der Waals surface area contributed by atoms with Crippen molar-refractivity contribution in [3.8, 4) is 12.3 Å². The van der Waals surface area contributed by atoms with Crippen LogP contribution in [0.4, 0.5) is 0 Å². The topological polar surface area (TPSA) is 26.3 Å². The molecule has 2 heteroatoms. The van der Waals surface area contributed by atoms with Gasteiger partial charge in [0.25, 0.3) is 0 Å². The van der Waals surface area contributed by atoms with E-state index >= 15 is 0 Å². The zero-order valence-corrected chi connectivity index (χ0v) is 15.2. The van der Waals surface area contributed by atoms with Gasteiger partial charge in [-0.1, -0.05) is 61.7 Å². The van der Waals surface area contributed by atoms with E-state index < -0.39 is 0 Å². The van der Waals surface area contributed by atoms with Crippen LogP contribution in [0.3, 0.4) is 0 Å². The molecule has 2 unspecified atom stereocenters. The van der Waals surface area contributed by atoms with Gasteiger partial charge in [-0.25, -0.2) is 0 Å². The molecule has 0 aliphatic heterocycles. The summed E-state index contributed by atoms with van der Waals surface area (Å²) in [6, 6.07) is 9.91. The third kappa shape index (κ3) is 3.79. The predicted molar refractivity (Wildman–Crippen MR) is 99.0 cm³/mol. The molecule has 24 heavy (non-hydrogen) atoms. The van der Waals surface area contributed by atoms with Crippen LogP contribution >= 0.6 is 0 Å². The van der Waals surface area contributed by atoms with Gasteiger partial charge in [0.2, 0.25) is 0 Å². The van der Waals surface area contributed by atoms with Gasteiger partial charge in [-0.3, -0.25) is 4.79 Å². The van der Waals surface area contributed by atoms with Crippen molar-refractivity contribution in [3.05, 3.63) is 53.1 Å². The molecule has 1 aliphatic carbocycles. The van der Waals surface area contributed by atoms with Gasteiger partial charge < -0.3 is 4.74 Å². The molecule has 0 heterocycles. The smallest absolute Gasteiger partial charge is 0.310 e. The minimum atomic E-state index is -0.156. The summed E-state index contributed by atoms with van der Waals surface area (Å²) in [6.45, 7) is 10.4. The second-order valence-electron chi connectivity index (χ2n) is 7.29. The van der Waals surface area contributed by atoms with Crippen LogP contribution in [0.5, 0.6) is 0 Å². The lowest BCUT2D eigenvalue weighted by molar-refractivity contribution is -0.145. The fourth-order valence-corrected chi connectivity index (χ4v) is 3.15. The van der Waals surface area contributed by atoms with Crippen LogP contribution in [0.1, 0.15) is 40.2 Å². The average Bonchev–Trinajstić information content (AvgIpc) is 3.08. The molecular formula is C22H26O2. The molecule has 0 bridgehead atoms. The Hall–Kier alpha value is -2.27. The van der Waals surface area contributed by atoms with E-state index in [-0.39, 0.29) is 29.8 Å². The summed E-state index contributed by atoms with van der Waals surface area (Å²) in [5.74, 6) is 2.69. The first-order chi connectivity index (χ1) is 11.3. The molecule has 0 saturated heterocycles. The molecule has 1 saturated carbocycles. The Labute approximate surface area is 145 Å². The molecule has 0 radical (unpaired) electrons. The normalized spacial score (nSPS) is 22.0. The molecular weight excluding hydrogens is 296 g/mol. The maximum Gasteiger partial charge on any atom is 0.310 e. The molecule has 0 spiro atoms. The fourth-order valence-electron chi connectivity index (χ4n) is 3.15. The van der Waals surface area contributed by atoms with Gasteiger partial charge in [-0.15, -0.1) is 6.42 Å². The van der Waals surface area contributed by atoms with Crippen molar-refractivity contribution in [1.82, 2.24) is 0 Å². The molecule has 1 aromatic rings. The summed E-state index contributed by atoms with van der Waals surface area (Å²) in [5.41, 5.74) is 3.93. The maximum atomic E-state index is 12.4. The van der Waals surface area contributed by atoms with Crippen LogP contribution in [0.2, 0.25) is 0 Å². The highest BCUT2D eigenvalue weighted by Crippen LogP contribution is 2.59. The van der Waals surface area contributed by atoms with E-state index in [0.717, 1.165) is 11.1 Å². The third-order valence-corrected chi connectivity index (χ3v) is 4.87. The van der Waals surface area contributed by atoms with Crippen molar-refractivity contribution in [2.75, 3.05) is 6.61 Å². The van der Waals surface area contributed by atoms with Crippen molar-refractivity contribution in [1.29, 1.82) is 0 Å². The number of allylic oxidation sites excluding steroid dienone is 3. The van der Waals surface area contributed by atoms with Crippen LogP contribution in [0, 0.1) is 29.6 Å². The zero-order valence-electron chi connectivity index (χ0n) is 15.2.